The van der Waals surface area contributed by atoms with E-state index in [1.165, 1.54) is 6.92 Å². The van der Waals surface area contributed by atoms with E-state index in [0.29, 0.717) is 12.1 Å². The molecule has 0 fully saturated rings. The molecule has 1 heterocycles. The number of hydrogen-bond acceptors (Lipinski definition) is 9. The summed E-state index contributed by atoms with van der Waals surface area (Å²) in [6.07, 6.45) is -11.0. The summed E-state index contributed by atoms with van der Waals surface area (Å²) in [4.78, 5) is 43.0. The van der Waals surface area contributed by atoms with Gasteiger partial charge in [-0.3, -0.25) is 9.99 Å². The van der Waals surface area contributed by atoms with Crippen LogP contribution in [0.5, 0.6) is 11.5 Å². The average molecular weight is 545 g/mol. The SMILES string of the molecule is CCn1c(-c2ccc(OC(=O)C(F)(F)F)c(OC(=O)C(F)(F)F)c2)nc(NNCc2ccccc2)nc1=O. The van der Waals surface area contributed by atoms with E-state index in [-0.39, 0.29) is 30.4 Å². The van der Waals surface area contributed by atoms with Crippen molar-refractivity contribution in [2.24, 2.45) is 0 Å². The molecule has 0 atom stereocenters. The number of nitrogens with zero attached hydrogens (tertiary/aromatic N) is 3. The molecule has 38 heavy (non-hydrogen) atoms. The Labute approximate surface area is 209 Å². The smallest absolute Gasteiger partial charge is 0.416 e. The Morgan fingerprint density at radius 1 is 0.895 bits per heavy atom. The summed E-state index contributed by atoms with van der Waals surface area (Å²) in [6, 6.07) is 11.4. The molecule has 0 bridgehead atoms. The lowest BCUT2D eigenvalue weighted by Gasteiger charge is -2.16. The van der Waals surface area contributed by atoms with E-state index >= 15 is 0 Å². The van der Waals surface area contributed by atoms with E-state index in [0.717, 1.165) is 16.2 Å². The van der Waals surface area contributed by atoms with Crippen molar-refractivity contribution in [2.75, 3.05) is 5.43 Å². The third-order valence-electron chi connectivity index (χ3n) is 4.62. The highest BCUT2D eigenvalue weighted by atomic mass is 19.4. The molecule has 0 unspecified atom stereocenters. The zero-order valence-electron chi connectivity index (χ0n) is 19.2. The minimum Gasteiger partial charge on any atom is -0.416 e. The Kier molecular flexibility index (Phi) is 8.35. The second-order valence-corrected chi connectivity index (χ2v) is 7.30. The fraction of sp³-hybridized carbons (Fsp3) is 0.227. The summed E-state index contributed by atoms with van der Waals surface area (Å²) in [5.74, 6) is -8.30. The van der Waals surface area contributed by atoms with Gasteiger partial charge in [0.25, 0.3) is 0 Å². The first-order chi connectivity index (χ1) is 17.8. The number of esters is 2. The summed E-state index contributed by atoms with van der Waals surface area (Å²) in [6.45, 7) is 1.79. The minimum absolute atomic E-state index is 0.0195. The number of halogens is 6. The molecule has 2 N–H and O–H groups in total. The molecule has 0 saturated heterocycles. The Balaban J connectivity index is 1.99. The molecule has 0 aliphatic rings. The maximum absolute atomic E-state index is 12.8. The van der Waals surface area contributed by atoms with Crippen LogP contribution in [0, 0.1) is 0 Å². The van der Waals surface area contributed by atoms with Crippen LogP contribution in [-0.2, 0) is 22.7 Å². The summed E-state index contributed by atoms with van der Waals surface area (Å²) >= 11 is 0. The van der Waals surface area contributed by atoms with Crippen LogP contribution in [0.2, 0.25) is 0 Å². The van der Waals surface area contributed by atoms with Crippen LogP contribution < -0.4 is 26.0 Å². The fourth-order valence-corrected chi connectivity index (χ4v) is 2.94. The zero-order valence-corrected chi connectivity index (χ0v) is 19.2. The van der Waals surface area contributed by atoms with Gasteiger partial charge >= 0.3 is 30.0 Å². The number of alkyl halides is 6. The molecule has 0 amide bonds. The van der Waals surface area contributed by atoms with Crippen LogP contribution in [0.1, 0.15) is 12.5 Å². The van der Waals surface area contributed by atoms with Crippen LogP contribution in [0.3, 0.4) is 0 Å². The third-order valence-corrected chi connectivity index (χ3v) is 4.62. The molecule has 16 heteroatoms. The molecule has 0 spiro atoms. The molecular formula is C22H17F6N5O5. The zero-order chi connectivity index (χ0) is 28.1. The number of aromatic nitrogens is 3. The van der Waals surface area contributed by atoms with Crippen molar-refractivity contribution in [1.29, 1.82) is 0 Å². The molecule has 3 rings (SSSR count). The third kappa shape index (κ3) is 7.06. The van der Waals surface area contributed by atoms with Crippen LogP contribution in [0.15, 0.2) is 53.3 Å². The quantitative estimate of drug-likeness (QED) is 0.190. The van der Waals surface area contributed by atoms with Crippen LogP contribution in [-0.4, -0.2) is 38.8 Å². The number of hydrogen-bond donors (Lipinski definition) is 2. The molecule has 10 nitrogen and oxygen atoms in total. The summed E-state index contributed by atoms with van der Waals surface area (Å²) < 4.78 is 85.4. The van der Waals surface area contributed by atoms with E-state index in [4.69, 9.17) is 0 Å². The summed E-state index contributed by atoms with van der Waals surface area (Å²) in [5, 5.41) is 0. The highest BCUT2D eigenvalue weighted by molar-refractivity contribution is 5.82. The van der Waals surface area contributed by atoms with Gasteiger partial charge in [0.1, 0.15) is 5.82 Å². The van der Waals surface area contributed by atoms with Gasteiger partial charge in [0.2, 0.25) is 5.95 Å². The molecule has 0 radical (unpaired) electrons. The second kappa shape index (κ2) is 11.3. The van der Waals surface area contributed by atoms with Gasteiger partial charge in [-0.15, -0.1) is 0 Å². The van der Waals surface area contributed by atoms with E-state index in [9.17, 15) is 40.7 Å². The molecule has 0 saturated carbocycles. The first-order valence-corrected chi connectivity index (χ1v) is 10.5. The maximum Gasteiger partial charge on any atom is 0.491 e. The van der Waals surface area contributed by atoms with Gasteiger partial charge in [-0.25, -0.2) is 19.8 Å². The van der Waals surface area contributed by atoms with E-state index in [1.54, 1.807) is 12.1 Å². The number of rotatable bonds is 8. The number of hydrazine groups is 1. The van der Waals surface area contributed by atoms with Gasteiger partial charge in [-0.1, -0.05) is 30.3 Å². The van der Waals surface area contributed by atoms with Gasteiger partial charge in [0.05, 0.1) is 0 Å². The van der Waals surface area contributed by atoms with Gasteiger partial charge in [-0.05, 0) is 30.7 Å². The van der Waals surface area contributed by atoms with E-state index in [1.807, 2.05) is 18.2 Å². The Hall–Kier alpha value is -4.47. The first kappa shape index (κ1) is 28.1. The Morgan fingerprint density at radius 2 is 1.50 bits per heavy atom. The number of nitrogens with one attached hydrogen (secondary N) is 2. The highest BCUT2D eigenvalue weighted by Crippen LogP contribution is 2.35. The monoisotopic (exact) mass is 545 g/mol. The standard InChI is InChI=1S/C22H17F6N5O5/c1-2-33-16(30-19(31-20(33)36)32-29-11-12-6-4-3-5-7-12)13-8-9-14(37-17(34)21(23,24)25)15(10-13)38-18(35)22(26,27)28/h3-10,29H,2,11H2,1H3,(H,31,32,36). The molecule has 1 aromatic heterocycles. The fourth-order valence-electron chi connectivity index (χ4n) is 2.94. The molecule has 0 aliphatic carbocycles. The molecule has 3 aromatic rings. The van der Waals surface area contributed by atoms with Gasteiger partial charge < -0.3 is 9.47 Å². The van der Waals surface area contributed by atoms with Crippen molar-refractivity contribution in [2.45, 2.75) is 32.4 Å². The van der Waals surface area contributed by atoms with E-state index < -0.39 is 41.5 Å². The highest BCUT2D eigenvalue weighted by Gasteiger charge is 2.44. The first-order valence-electron chi connectivity index (χ1n) is 10.5. The number of ether oxygens (including phenoxy) is 2. The normalized spacial score (nSPS) is 11.7. The summed E-state index contributed by atoms with van der Waals surface area (Å²) in [5.41, 5.74) is 5.24. The van der Waals surface area contributed by atoms with Crippen molar-refractivity contribution >= 4 is 17.9 Å². The lowest BCUT2D eigenvalue weighted by Crippen LogP contribution is -2.31. The van der Waals surface area contributed by atoms with E-state index in [2.05, 4.69) is 30.3 Å². The van der Waals surface area contributed by atoms with Gasteiger partial charge in [0.15, 0.2) is 11.5 Å². The predicted octanol–water partition coefficient (Wildman–Crippen LogP) is 3.38. The van der Waals surface area contributed by atoms with Gasteiger partial charge in [0, 0.05) is 18.7 Å². The van der Waals surface area contributed by atoms with Crippen LogP contribution >= 0.6 is 0 Å². The van der Waals surface area contributed by atoms with Crippen LogP contribution in [0.25, 0.3) is 11.4 Å². The topological polar surface area (TPSA) is 124 Å². The van der Waals surface area contributed by atoms with Gasteiger partial charge in [-0.2, -0.15) is 36.3 Å². The number of carbonyl (C=O) groups is 2. The molecule has 202 valence electrons. The maximum atomic E-state index is 12.8. The van der Waals surface area contributed by atoms with Crippen LogP contribution in [0.4, 0.5) is 32.3 Å². The minimum atomic E-state index is -5.52. The largest absolute Gasteiger partial charge is 0.491 e. The lowest BCUT2D eigenvalue weighted by atomic mass is 10.2. The second-order valence-electron chi connectivity index (χ2n) is 7.30. The van der Waals surface area contributed by atoms with Crippen molar-refractivity contribution in [1.82, 2.24) is 20.0 Å². The summed E-state index contributed by atoms with van der Waals surface area (Å²) in [7, 11) is 0. The lowest BCUT2D eigenvalue weighted by molar-refractivity contribution is -0.191. The van der Waals surface area contributed by atoms with Crippen molar-refractivity contribution in [3.05, 3.63) is 64.6 Å². The average Bonchev–Trinajstić information content (AvgIpc) is 2.84. The van der Waals surface area contributed by atoms with Crippen molar-refractivity contribution < 1.29 is 45.4 Å². The molecule has 0 aliphatic heterocycles. The van der Waals surface area contributed by atoms with Crippen molar-refractivity contribution in [3.63, 3.8) is 0 Å². The van der Waals surface area contributed by atoms with Crippen molar-refractivity contribution in [3.8, 4) is 22.9 Å². The Morgan fingerprint density at radius 3 is 2.08 bits per heavy atom. The number of benzene rings is 2. The number of anilines is 1. The number of carbonyl (C=O) groups excluding carboxylic acids is 2. The molecule has 2 aromatic carbocycles. The molecular weight excluding hydrogens is 528 g/mol. The predicted molar refractivity (Wildman–Crippen MR) is 118 cm³/mol. The Bertz CT molecular complexity index is 1380.